The number of carbonyl (C=O) groups excluding carboxylic acids is 1. The summed E-state index contributed by atoms with van der Waals surface area (Å²) in [5.41, 5.74) is 5.33. The van der Waals surface area contributed by atoms with Gasteiger partial charge in [-0.3, -0.25) is 18.6 Å². The fraction of sp³-hybridized carbons (Fsp3) is 0.478. The smallest absolute Gasteiger partial charge is 0.472 e. The normalized spacial score (nSPS) is 15.3. The van der Waals surface area contributed by atoms with Crippen molar-refractivity contribution < 1.29 is 42.7 Å². The molecular formula is C46H70NO9P. The number of carboxylic acids is 1. The van der Waals surface area contributed by atoms with Crippen LogP contribution in [0.4, 0.5) is 0 Å². The molecule has 57 heavy (non-hydrogen) atoms. The van der Waals surface area contributed by atoms with Gasteiger partial charge in [0, 0.05) is 6.61 Å². The summed E-state index contributed by atoms with van der Waals surface area (Å²) >= 11 is 0. The highest BCUT2D eigenvalue weighted by Crippen LogP contribution is 2.43. The summed E-state index contributed by atoms with van der Waals surface area (Å²) in [6, 6.07) is -1.50. The Bertz CT molecular complexity index is 1400. The molecule has 0 aromatic rings. The molecule has 4 N–H and O–H groups in total. The molecule has 0 saturated heterocycles. The summed E-state index contributed by atoms with van der Waals surface area (Å²) in [6.45, 7) is 3.32. The first-order valence-corrected chi connectivity index (χ1v) is 21.7. The Morgan fingerprint density at radius 2 is 0.930 bits per heavy atom. The fourth-order valence-electron chi connectivity index (χ4n) is 4.40. The van der Waals surface area contributed by atoms with Crippen LogP contribution in [0.3, 0.4) is 0 Å². The first-order valence-electron chi connectivity index (χ1n) is 20.2. The Labute approximate surface area is 343 Å². The quantitative estimate of drug-likeness (QED) is 0.0241. The van der Waals surface area contributed by atoms with Crippen molar-refractivity contribution in [3.8, 4) is 0 Å². The van der Waals surface area contributed by atoms with Gasteiger partial charge in [-0.05, 0) is 83.5 Å². The highest BCUT2D eigenvalue weighted by atomic mass is 31.2. The summed E-state index contributed by atoms with van der Waals surface area (Å²) < 4.78 is 33.1. The van der Waals surface area contributed by atoms with Crippen LogP contribution in [0.5, 0.6) is 0 Å². The lowest BCUT2D eigenvalue weighted by Crippen LogP contribution is -2.34. The van der Waals surface area contributed by atoms with E-state index in [0.717, 1.165) is 77.0 Å². The van der Waals surface area contributed by atoms with Crippen molar-refractivity contribution in [2.75, 3.05) is 26.4 Å². The van der Waals surface area contributed by atoms with Crippen molar-refractivity contribution >= 4 is 19.8 Å². The van der Waals surface area contributed by atoms with E-state index in [1.165, 1.54) is 0 Å². The number of esters is 1. The average Bonchev–Trinajstić information content (AvgIpc) is 3.19. The lowest BCUT2D eigenvalue weighted by molar-refractivity contribution is -0.153. The van der Waals surface area contributed by atoms with Crippen molar-refractivity contribution in [3.05, 3.63) is 134 Å². The van der Waals surface area contributed by atoms with Gasteiger partial charge in [0.25, 0.3) is 0 Å². The molecule has 0 bridgehead atoms. The molecule has 0 rings (SSSR count). The van der Waals surface area contributed by atoms with E-state index < -0.39 is 45.1 Å². The zero-order valence-corrected chi connectivity index (χ0v) is 35.3. The number of ether oxygens (including phenoxy) is 2. The number of unbranched alkanes of at least 4 members (excludes halogenated alkanes) is 1. The maximum atomic E-state index is 12.5. The third-order valence-corrected chi connectivity index (χ3v) is 8.41. The highest BCUT2D eigenvalue weighted by Gasteiger charge is 2.27. The van der Waals surface area contributed by atoms with Crippen molar-refractivity contribution in [2.45, 2.75) is 116 Å². The minimum absolute atomic E-state index is 0.00649. The van der Waals surface area contributed by atoms with Crippen molar-refractivity contribution in [3.63, 3.8) is 0 Å². The molecule has 0 radical (unpaired) electrons. The number of rotatable bonds is 36. The third kappa shape index (κ3) is 40.1. The van der Waals surface area contributed by atoms with Gasteiger partial charge >= 0.3 is 19.8 Å². The van der Waals surface area contributed by atoms with Gasteiger partial charge in [0.1, 0.15) is 12.1 Å². The molecule has 0 heterocycles. The van der Waals surface area contributed by atoms with Gasteiger partial charge in [0.15, 0.2) is 0 Å². The molecular weight excluding hydrogens is 741 g/mol. The van der Waals surface area contributed by atoms with E-state index in [9.17, 15) is 19.0 Å². The zero-order chi connectivity index (χ0) is 41.9. The lowest BCUT2D eigenvalue weighted by atomic mass is 10.2. The van der Waals surface area contributed by atoms with Crippen LogP contribution in [-0.4, -0.2) is 60.5 Å². The fourth-order valence-corrected chi connectivity index (χ4v) is 5.18. The molecule has 0 amide bonds. The van der Waals surface area contributed by atoms with Crippen LogP contribution in [0.25, 0.3) is 0 Å². The molecule has 318 valence electrons. The SMILES string of the molecule is CC/C=C\C/C=C\C/C=C\C/C=C\C/C=C\C/C=C\CCCOCC(COP(=O)(O)OCC(N)C(=O)O)OC(=O)C/C=C\C/C=C\C/C=C\C/C=C\C/C=C\CC. The second-order valence-electron chi connectivity index (χ2n) is 12.7. The van der Waals surface area contributed by atoms with Crippen molar-refractivity contribution in [2.24, 2.45) is 5.73 Å². The van der Waals surface area contributed by atoms with Gasteiger partial charge in [-0.25, -0.2) is 4.57 Å². The molecule has 3 unspecified atom stereocenters. The average molecular weight is 812 g/mol. The minimum Gasteiger partial charge on any atom is -0.480 e. The van der Waals surface area contributed by atoms with Gasteiger partial charge in [-0.2, -0.15) is 0 Å². The Balaban J connectivity index is 4.55. The van der Waals surface area contributed by atoms with Crippen LogP contribution in [-0.2, 0) is 32.7 Å². The van der Waals surface area contributed by atoms with Crippen LogP contribution in [0.2, 0.25) is 0 Å². The van der Waals surface area contributed by atoms with Gasteiger partial charge in [0.2, 0.25) is 0 Å². The maximum Gasteiger partial charge on any atom is 0.472 e. The molecule has 0 aliphatic heterocycles. The van der Waals surface area contributed by atoms with Gasteiger partial charge in [-0.15, -0.1) is 0 Å². The van der Waals surface area contributed by atoms with Crippen LogP contribution < -0.4 is 5.73 Å². The van der Waals surface area contributed by atoms with Crippen molar-refractivity contribution in [1.82, 2.24) is 0 Å². The number of hydrogen-bond acceptors (Lipinski definition) is 8. The van der Waals surface area contributed by atoms with E-state index in [0.29, 0.717) is 13.0 Å². The Kier molecular flexibility index (Phi) is 37.6. The summed E-state index contributed by atoms with van der Waals surface area (Å²) in [6.07, 6.45) is 56.9. The number of hydrogen-bond donors (Lipinski definition) is 3. The summed E-state index contributed by atoms with van der Waals surface area (Å²) in [4.78, 5) is 33.4. The largest absolute Gasteiger partial charge is 0.480 e. The first kappa shape index (κ1) is 53.1. The summed E-state index contributed by atoms with van der Waals surface area (Å²) in [5, 5.41) is 8.88. The van der Waals surface area contributed by atoms with Crippen molar-refractivity contribution in [1.29, 1.82) is 0 Å². The molecule has 3 atom stereocenters. The maximum absolute atomic E-state index is 12.5. The number of phosphoric acid groups is 1. The molecule has 0 saturated carbocycles. The molecule has 0 aliphatic carbocycles. The Morgan fingerprint density at radius 1 is 0.561 bits per heavy atom. The Hall–Kier alpha value is -3.89. The number of phosphoric ester groups is 1. The molecule has 0 fully saturated rings. The summed E-state index contributed by atoms with van der Waals surface area (Å²) in [5.74, 6) is -1.96. The molecule has 0 aliphatic rings. The second-order valence-corrected chi connectivity index (χ2v) is 14.1. The summed E-state index contributed by atoms with van der Waals surface area (Å²) in [7, 11) is -4.67. The second kappa shape index (κ2) is 40.3. The topological polar surface area (TPSA) is 155 Å². The van der Waals surface area contributed by atoms with Crippen LogP contribution in [0, 0.1) is 0 Å². The number of aliphatic carboxylic acids is 1. The Morgan fingerprint density at radius 3 is 1.33 bits per heavy atom. The highest BCUT2D eigenvalue weighted by molar-refractivity contribution is 7.47. The van der Waals surface area contributed by atoms with Crippen LogP contribution in [0.1, 0.15) is 104 Å². The van der Waals surface area contributed by atoms with E-state index >= 15 is 0 Å². The van der Waals surface area contributed by atoms with Gasteiger partial charge in [0.05, 0.1) is 26.2 Å². The van der Waals surface area contributed by atoms with Gasteiger partial charge in [-0.1, -0.05) is 148 Å². The molecule has 10 nitrogen and oxygen atoms in total. The van der Waals surface area contributed by atoms with E-state index in [1.807, 2.05) is 12.2 Å². The van der Waals surface area contributed by atoms with Crippen LogP contribution in [0.15, 0.2) is 134 Å². The third-order valence-electron chi connectivity index (χ3n) is 7.46. The van der Waals surface area contributed by atoms with E-state index in [2.05, 4.69) is 134 Å². The zero-order valence-electron chi connectivity index (χ0n) is 34.4. The number of nitrogens with two attached hydrogens (primary N) is 1. The monoisotopic (exact) mass is 811 g/mol. The standard InChI is InChI=1S/C46H70NO9P/c1-3-5-7-9-11-13-15-17-19-20-21-22-23-25-27-29-31-33-35-37-39-53-40-43(41-54-57(51,52)55-42-44(47)46(49)50)56-45(48)38-36-34-32-30-28-26-24-18-16-14-12-10-8-6-4-2/h5-8,11-14,17-19,21-22,24-25,27-28,30-31,33-34,36,43-44H,3-4,9-10,15-16,20,23,26,29,32,35,37-42,47H2,1-2H3,(H,49,50)(H,51,52)/b7-5-,8-6-,13-11-,14-12-,19-17-,22-21-,24-18-,27-25-,30-28-,33-31-,36-34-. The molecule has 0 aromatic carbocycles. The number of allylic oxidation sites excluding steroid dienone is 21. The lowest BCUT2D eigenvalue weighted by Gasteiger charge is -2.20. The van der Waals surface area contributed by atoms with E-state index in [4.69, 9.17) is 24.8 Å². The number of carbonyl (C=O) groups is 2. The predicted molar refractivity (Wildman–Crippen MR) is 235 cm³/mol. The molecule has 11 heteroatoms. The van der Waals surface area contributed by atoms with E-state index in [-0.39, 0.29) is 13.0 Å². The molecule has 0 spiro atoms. The minimum atomic E-state index is -4.67. The van der Waals surface area contributed by atoms with E-state index in [1.54, 1.807) is 6.08 Å². The number of carboxylic acid groups (broad SMARTS) is 1. The molecule has 0 aromatic heterocycles. The predicted octanol–water partition coefficient (Wildman–Crippen LogP) is 11.1. The van der Waals surface area contributed by atoms with Crippen LogP contribution >= 0.6 is 7.82 Å². The first-order chi connectivity index (χ1) is 27.7. The van der Waals surface area contributed by atoms with Gasteiger partial charge < -0.3 is 25.2 Å².